The number of hydrogen-bond donors (Lipinski definition) is 3. The molecule has 0 aromatic carbocycles. The highest BCUT2D eigenvalue weighted by atomic mass is 32.1. The third-order valence-electron chi connectivity index (χ3n) is 4.49. The van der Waals surface area contributed by atoms with Crippen molar-refractivity contribution in [3.05, 3.63) is 23.2 Å². The van der Waals surface area contributed by atoms with Crippen molar-refractivity contribution in [3.8, 4) is 0 Å². The van der Waals surface area contributed by atoms with Crippen molar-refractivity contribution in [2.45, 2.75) is 38.3 Å². The Kier molecular flexibility index (Phi) is 3.75. The van der Waals surface area contributed by atoms with Gasteiger partial charge in [-0.2, -0.15) is 0 Å². The number of hydrogen-bond acceptors (Lipinski definition) is 8. The maximum Gasteiger partial charge on any atom is 0.243 e. The minimum Gasteiger partial charge on any atom is -0.382 e. The number of amides is 1. The molecular formula is C15H18N8OS. The van der Waals surface area contributed by atoms with Crippen molar-refractivity contribution >= 4 is 39.4 Å². The fourth-order valence-corrected chi connectivity index (χ4v) is 4.08. The molecule has 3 heterocycles. The van der Waals surface area contributed by atoms with Gasteiger partial charge in [0.15, 0.2) is 16.6 Å². The van der Waals surface area contributed by atoms with Crippen LogP contribution in [0.5, 0.6) is 0 Å². The summed E-state index contributed by atoms with van der Waals surface area (Å²) in [5.74, 6) is 0.223. The monoisotopic (exact) mass is 358 g/mol. The van der Waals surface area contributed by atoms with Gasteiger partial charge in [0.1, 0.15) is 17.9 Å². The summed E-state index contributed by atoms with van der Waals surface area (Å²) in [4.78, 5) is 30.5. The van der Waals surface area contributed by atoms with Gasteiger partial charge in [0.2, 0.25) is 5.91 Å². The van der Waals surface area contributed by atoms with Crippen LogP contribution in [0.4, 0.5) is 10.9 Å². The highest BCUT2D eigenvalue weighted by molar-refractivity contribution is 7.15. The van der Waals surface area contributed by atoms with Gasteiger partial charge in [0.05, 0.1) is 12.0 Å². The molecule has 0 aliphatic heterocycles. The van der Waals surface area contributed by atoms with Crippen LogP contribution < -0.4 is 16.8 Å². The number of imidazole rings is 1. The van der Waals surface area contributed by atoms with Crippen LogP contribution in [0.3, 0.4) is 0 Å². The van der Waals surface area contributed by atoms with Gasteiger partial charge >= 0.3 is 0 Å². The number of aromatic nitrogens is 5. The van der Waals surface area contributed by atoms with E-state index >= 15 is 0 Å². The molecule has 0 fully saturated rings. The van der Waals surface area contributed by atoms with Gasteiger partial charge in [-0.15, -0.1) is 11.3 Å². The molecule has 1 aliphatic carbocycles. The fourth-order valence-electron chi connectivity index (χ4n) is 3.12. The second-order valence-electron chi connectivity index (χ2n) is 6.13. The van der Waals surface area contributed by atoms with Crippen LogP contribution in [0.25, 0.3) is 11.2 Å². The molecule has 1 amide bonds. The normalized spacial score (nSPS) is 18.0. The molecular weight excluding hydrogens is 340 g/mol. The number of fused-ring (bicyclic) bond motifs is 2. The van der Waals surface area contributed by atoms with Crippen LogP contribution in [0.2, 0.25) is 0 Å². The first-order valence-corrected chi connectivity index (χ1v) is 8.82. The molecule has 0 bridgehead atoms. The molecule has 1 unspecified atom stereocenters. The van der Waals surface area contributed by atoms with Crippen LogP contribution in [0, 0.1) is 0 Å². The Labute approximate surface area is 147 Å². The van der Waals surface area contributed by atoms with E-state index in [1.807, 2.05) is 6.92 Å². The first-order chi connectivity index (χ1) is 12.0. The van der Waals surface area contributed by atoms with E-state index in [2.05, 4.69) is 25.3 Å². The third-order valence-corrected chi connectivity index (χ3v) is 5.44. The van der Waals surface area contributed by atoms with Crippen molar-refractivity contribution in [1.29, 1.82) is 0 Å². The standard InChI is InChI=1S/C15H18N8OS/c1-7(23-6-20-11-12(16)18-5-19-13(11)23)14(24)21-8-2-3-9-10(4-8)25-15(17)22-9/h5-8H,2-4H2,1H3,(H2,17,22)(H,21,24)(H2,16,18,19)/t7?,8-/m0/s1. The van der Waals surface area contributed by atoms with Crippen molar-refractivity contribution in [3.63, 3.8) is 0 Å². The minimum absolute atomic E-state index is 0.0804. The van der Waals surface area contributed by atoms with Gasteiger partial charge in [-0.1, -0.05) is 0 Å². The van der Waals surface area contributed by atoms with E-state index in [0.29, 0.717) is 22.1 Å². The molecule has 0 radical (unpaired) electrons. The van der Waals surface area contributed by atoms with E-state index in [1.165, 1.54) is 17.7 Å². The Morgan fingerprint density at radius 2 is 2.24 bits per heavy atom. The summed E-state index contributed by atoms with van der Waals surface area (Å²) in [5.41, 5.74) is 13.7. The van der Waals surface area contributed by atoms with Gasteiger partial charge < -0.3 is 21.4 Å². The molecule has 0 spiro atoms. The molecule has 9 nitrogen and oxygen atoms in total. The highest BCUT2D eigenvalue weighted by Crippen LogP contribution is 2.28. The minimum atomic E-state index is -0.452. The highest BCUT2D eigenvalue weighted by Gasteiger charge is 2.26. The summed E-state index contributed by atoms with van der Waals surface area (Å²) >= 11 is 1.50. The number of nitrogens with one attached hydrogen (secondary N) is 1. The Morgan fingerprint density at radius 1 is 1.40 bits per heavy atom. The first-order valence-electron chi connectivity index (χ1n) is 8.00. The number of nitrogens with two attached hydrogens (primary N) is 2. The Hall–Kier alpha value is -2.75. The molecule has 1 aliphatic rings. The molecule has 4 rings (SSSR count). The first kappa shape index (κ1) is 15.8. The predicted molar refractivity (Wildman–Crippen MR) is 94.9 cm³/mol. The van der Waals surface area contributed by atoms with Gasteiger partial charge in [0.25, 0.3) is 0 Å². The molecule has 3 aromatic rings. The molecule has 0 saturated heterocycles. The number of nitrogens with zero attached hydrogens (tertiary/aromatic N) is 5. The van der Waals surface area contributed by atoms with E-state index in [-0.39, 0.29) is 11.9 Å². The van der Waals surface area contributed by atoms with Crippen LogP contribution in [-0.4, -0.2) is 36.5 Å². The number of rotatable bonds is 3. The smallest absolute Gasteiger partial charge is 0.243 e. The average Bonchev–Trinajstić information content (AvgIpc) is 3.17. The van der Waals surface area contributed by atoms with Gasteiger partial charge in [0, 0.05) is 17.3 Å². The lowest BCUT2D eigenvalue weighted by atomic mass is 9.97. The van der Waals surface area contributed by atoms with E-state index in [1.54, 1.807) is 10.9 Å². The number of nitrogen functional groups attached to an aromatic ring is 2. The lowest BCUT2D eigenvalue weighted by Gasteiger charge is -2.24. The Balaban J connectivity index is 1.50. The predicted octanol–water partition coefficient (Wildman–Crippen LogP) is 0.682. The Morgan fingerprint density at radius 3 is 3.08 bits per heavy atom. The zero-order chi connectivity index (χ0) is 17.6. The maximum absolute atomic E-state index is 12.7. The van der Waals surface area contributed by atoms with Crippen LogP contribution >= 0.6 is 11.3 Å². The molecule has 3 aromatic heterocycles. The number of carbonyl (C=O) groups is 1. The van der Waals surface area contributed by atoms with E-state index in [0.717, 1.165) is 29.8 Å². The number of aryl methyl sites for hydroxylation is 1. The van der Waals surface area contributed by atoms with Crippen molar-refractivity contribution in [2.75, 3.05) is 11.5 Å². The molecule has 0 saturated carbocycles. The number of anilines is 2. The topological polar surface area (TPSA) is 138 Å². The lowest BCUT2D eigenvalue weighted by Crippen LogP contribution is -2.41. The molecule has 25 heavy (non-hydrogen) atoms. The Bertz CT molecular complexity index is 948. The quantitative estimate of drug-likeness (QED) is 0.626. The van der Waals surface area contributed by atoms with Gasteiger partial charge in [-0.25, -0.2) is 19.9 Å². The van der Waals surface area contributed by atoms with Crippen LogP contribution in [0.1, 0.15) is 30.0 Å². The molecule has 2 atom stereocenters. The van der Waals surface area contributed by atoms with Crippen molar-refractivity contribution in [2.24, 2.45) is 0 Å². The zero-order valence-electron chi connectivity index (χ0n) is 13.6. The van der Waals surface area contributed by atoms with Gasteiger partial charge in [-0.3, -0.25) is 4.79 Å². The fraction of sp³-hybridized carbons (Fsp3) is 0.400. The largest absolute Gasteiger partial charge is 0.382 e. The summed E-state index contributed by atoms with van der Waals surface area (Å²) < 4.78 is 1.71. The summed E-state index contributed by atoms with van der Waals surface area (Å²) in [6.07, 6.45) is 5.40. The van der Waals surface area contributed by atoms with Crippen molar-refractivity contribution in [1.82, 2.24) is 29.8 Å². The summed E-state index contributed by atoms with van der Waals surface area (Å²) in [6, 6.07) is -0.371. The van der Waals surface area contributed by atoms with Gasteiger partial charge in [-0.05, 0) is 19.8 Å². The average molecular weight is 358 g/mol. The SMILES string of the molecule is CC(C(=O)N[C@H]1CCc2nc(N)sc2C1)n1cnc2c(N)ncnc21. The van der Waals surface area contributed by atoms with E-state index in [4.69, 9.17) is 11.5 Å². The summed E-state index contributed by atoms with van der Waals surface area (Å²) in [5, 5.41) is 3.70. The van der Waals surface area contributed by atoms with Crippen LogP contribution in [-0.2, 0) is 17.6 Å². The second kappa shape index (κ2) is 5.96. The van der Waals surface area contributed by atoms with Crippen LogP contribution in [0.15, 0.2) is 12.7 Å². The number of carbonyl (C=O) groups excluding carboxylic acids is 1. The lowest BCUT2D eigenvalue weighted by molar-refractivity contribution is -0.124. The van der Waals surface area contributed by atoms with E-state index in [9.17, 15) is 4.79 Å². The number of thiazole rings is 1. The maximum atomic E-state index is 12.7. The summed E-state index contributed by atoms with van der Waals surface area (Å²) in [6.45, 7) is 1.81. The third kappa shape index (κ3) is 2.78. The van der Waals surface area contributed by atoms with Crippen molar-refractivity contribution < 1.29 is 4.79 Å². The summed E-state index contributed by atoms with van der Waals surface area (Å²) in [7, 11) is 0. The zero-order valence-corrected chi connectivity index (χ0v) is 14.5. The molecule has 5 N–H and O–H groups in total. The second-order valence-corrected chi connectivity index (χ2v) is 7.24. The molecule has 10 heteroatoms. The van der Waals surface area contributed by atoms with E-state index < -0.39 is 6.04 Å². The molecule has 130 valence electrons.